The lowest BCUT2D eigenvalue weighted by molar-refractivity contribution is -0.134. The number of amides is 1. The van der Waals surface area contributed by atoms with E-state index >= 15 is 0 Å². The van der Waals surface area contributed by atoms with Gasteiger partial charge in [-0.15, -0.1) is 0 Å². The number of carbonyl (C=O) groups excluding carboxylic acids is 1. The molecule has 14 heavy (non-hydrogen) atoms. The van der Waals surface area contributed by atoms with Crippen molar-refractivity contribution in [2.75, 3.05) is 19.7 Å². The first-order chi connectivity index (χ1) is 6.42. The summed E-state index contributed by atoms with van der Waals surface area (Å²) in [5.41, 5.74) is 5.33. The Labute approximate surface area is 85.4 Å². The smallest absolute Gasteiger partial charge is 0.239 e. The fourth-order valence-electron chi connectivity index (χ4n) is 1.66. The van der Waals surface area contributed by atoms with E-state index in [1.54, 1.807) is 11.8 Å². The SMILES string of the molecule is C[C@@H](N)C(=O)N1CCCOC(C)(C)C1. The standard InChI is InChI=1S/C10H20N2O2/c1-8(11)9(13)12-5-4-6-14-10(2,3)7-12/h8H,4-7,11H2,1-3H3/t8-/m1/s1. The Balaban J connectivity index is 2.64. The first-order valence-electron chi connectivity index (χ1n) is 5.11. The van der Waals surface area contributed by atoms with Gasteiger partial charge in [-0.3, -0.25) is 4.79 Å². The zero-order valence-electron chi connectivity index (χ0n) is 9.25. The molecule has 0 radical (unpaired) electrons. The van der Waals surface area contributed by atoms with Gasteiger partial charge in [-0.25, -0.2) is 0 Å². The van der Waals surface area contributed by atoms with Crippen LogP contribution in [0.2, 0.25) is 0 Å². The monoisotopic (exact) mass is 200 g/mol. The van der Waals surface area contributed by atoms with Crippen molar-refractivity contribution in [3.63, 3.8) is 0 Å². The molecular formula is C10H20N2O2. The summed E-state index contributed by atoms with van der Waals surface area (Å²) in [5, 5.41) is 0. The van der Waals surface area contributed by atoms with Crippen molar-refractivity contribution in [2.24, 2.45) is 5.73 Å². The molecule has 0 aromatic rings. The third-order valence-electron chi connectivity index (χ3n) is 2.34. The quantitative estimate of drug-likeness (QED) is 0.665. The Morgan fingerprint density at radius 2 is 2.21 bits per heavy atom. The minimum Gasteiger partial charge on any atom is -0.374 e. The number of carbonyl (C=O) groups is 1. The van der Waals surface area contributed by atoms with E-state index < -0.39 is 6.04 Å². The topological polar surface area (TPSA) is 55.6 Å². The van der Waals surface area contributed by atoms with Crippen LogP contribution in [-0.2, 0) is 9.53 Å². The Morgan fingerprint density at radius 1 is 1.57 bits per heavy atom. The molecule has 1 aliphatic rings. The van der Waals surface area contributed by atoms with Gasteiger partial charge in [0, 0.05) is 19.7 Å². The molecule has 1 atom stereocenters. The molecular weight excluding hydrogens is 180 g/mol. The molecule has 1 aliphatic heterocycles. The summed E-state index contributed by atoms with van der Waals surface area (Å²) in [6, 6.07) is -0.413. The molecule has 4 nitrogen and oxygen atoms in total. The van der Waals surface area contributed by atoms with Crippen molar-refractivity contribution in [2.45, 2.75) is 38.8 Å². The van der Waals surface area contributed by atoms with Gasteiger partial charge in [0.15, 0.2) is 0 Å². The normalized spacial score (nSPS) is 24.1. The van der Waals surface area contributed by atoms with Gasteiger partial charge in [-0.2, -0.15) is 0 Å². The summed E-state index contributed by atoms with van der Waals surface area (Å²) in [6.07, 6.45) is 0.891. The number of ether oxygens (including phenoxy) is 1. The first-order valence-corrected chi connectivity index (χ1v) is 5.11. The van der Waals surface area contributed by atoms with Crippen molar-refractivity contribution in [3.8, 4) is 0 Å². The van der Waals surface area contributed by atoms with Crippen LogP contribution in [0.3, 0.4) is 0 Å². The third-order valence-corrected chi connectivity index (χ3v) is 2.34. The molecule has 0 aromatic carbocycles. The van der Waals surface area contributed by atoms with Crippen molar-refractivity contribution >= 4 is 5.91 Å². The lowest BCUT2D eigenvalue weighted by Crippen LogP contribution is -2.47. The predicted molar refractivity (Wildman–Crippen MR) is 54.9 cm³/mol. The maximum Gasteiger partial charge on any atom is 0.239 e. The number of hydrogen-bond acceptors (Lipinski definition) is 3. The van der Waals surface area contributed by atoms with Crippen LogP contribution in [0.4, 0.5) is 0 Å². The molecule has 0 aliphatic carbocycles. The lowest BCUT2D eigenvalue weighted by atomic mass is 10.1. The van der Waals surface area contributed by atoms with E-state index in [0.29, 0.717) is 6.54 Å². The van der Waals surface area contributed by atoms with Crippen molar-refractivity contribution in [3.05, 3.63) is 0 Å². The zero-order chi connectivity index (χ0) is 10.8. The van der Waals surface area contributed by atoms with Crippen LogP contribution in [0, 0.1) is 0 Å². The molecule has 0 aromatic heterocycles. The van der Waals surface area contributed by atoms with E-state index in [2.05, 4.69) is 0 Å². The summed E-state index contributed by atoms with van der Waals surface area (Å²) in [6.45, 7) is 7.83. The van der Waals surface area contributed by atoms with Gasteiger partial charge in [0.25, 0.3) is 0 Å². The Morgan fingerprint density at radius 3 is 2.79 bits per heavy atom. The minimum absolute atomic E-state index is 0.0172. The molecule has 2 N–H and O–H groups in total. The average molecular weight is 200 g/mol. The van der Waals surface area contributed by atoms with Crippen LogP contribution in [0.15, 0.2) is 0 Å². The molecule has 1 saturated heterocycles. The van der Waals surface area contributed by atoms with Crippen LogP contribution in [0.25, 0.3) is 0 Å². The van der Waals surface area contributed by atoms with E-state index in [0.717, 1.165) is 19.6 Å². The van der Waals surface area contributed by atoms with Gasteiger partial charge >= 0.3 is 0 Å². The highest BCUT2D eigenvalue weighted by Crippen LogP contribution is 2.16. The van der Waals surface area contributed by atoms with E-state index in [1.165, 1.54) is 0 Å². The summed E-state index contributed by atoms with van der Waals surface area (Å²) in [4.78, 5) is 13.5. The average Bonchev–Trinajstić information content (AvgIpc) is 2.24. The van der Waals surface area contributed by atoms with Gasteiger partial charge in [-0.1, -0.05) is 0 Å². The molecule has 0 bridgehead atoms. The van der Waals surface area contributed by atoms with Gasteiger partial charge in [0.2, 0.25) is 5.91 Å². The molecule has 1 heterocycles. The van der Waals surface area contributed by atoms with Crippen LogP contribution < -0.4 is 5.73 Å². The molecule has 4 heteroatoms. The maximum absolute atomic E-state index is 11.7. The highest BCUT2D eigenvalue weighted by molar-refractivity contribution is 5.81. The number of nitrogens with two attached hydrogens (primary N) is 1. The molecule has 82 valence electrons. The zero-order valence-corrected chi connectivity index (χ0v) is 9.25. The Kier molecular flexibility index (Phi) is 3.50. The highest BCUT2D eigenvalue weighted by atomic mass is 16.5. The number of hydrogen-bond donors (Lipinski definition) is 1. The second kappa shape index (κ2) is 4.28. The van der Waals surface area contributed by atoms with E-state index in [-0.39, 0.29) is 11.5 Å². The summed E-state index contributed by atoms with van der Waals surface area (Å²) in [5.74, 6) is 0.0172. The molecule has 0 unspecified atom stereocenters. The number of nitrogens with zero attached hydrogens (tertiary/aromatic N) is 1. The van der Waals surface area contributed by atoms with Gasteiger partial charge < -0.3 is 15.4 Å². The minimum atomic E-state index is -0.413. The van der Waals surface area contributed by atoms with Crippen molar-refractivity contribution in [1.29, 1.82) is 0 Å². The van der Waals surface area contributed by atoms with Gasteiger partial charge in [-0.05, 0) is 27.2 Å². The second-order valence-electron chi connectivity index (χ2n) is 4.51. The predicted octanol–water partition coefficient (Wildman–Crippen LogP) is 0.361. The van der Waals surface area contributed by atoms with Gasteiger partial charge in [0.05, 0.1) is 11.6 Å². The van der Waals surface area contributed by atoms with Crippen LogP contribution >= 0.6 is 0 Å². The van der Waals surface area contributed by atoms with E-state index in [1.807, 2.05) is 13.8 Å². The summed E-state index contributed by atoms with van der Waals surface area (Å²) >= 11 is 0. The molecule has 0 spiro atoms. The molecule has 1 rings (SSSR count). The lowest BCUT2D eigenvalue weighted by Gasteiger charge is -2.30. The van der Waals surface area contributed by atoms with E-state index in [4.69, 9.17) is 10.5 Å². The van der Waals surface area contributed by atoms with Gasteiger partial charge in [0.1, 0.15) is 0 Å². The Hall–Kier alpha value is -0.610. The third kappa shape index (κ3) is 2.96. The van der Waals surface area contributed by atoms with Crippen molar-refractivity contribution < 1.29 is 9.53 Å². The summed E-state index contributed by atoms with van der Waals surface area (Å²) < 4.78 is 5.62. The van der Waals surface area contributed by atoms with Crippen LogP contribution in [-0.4, -0.2) is 42.1 Å². The largest absolute Gasteiger partial charge is 0.374 e. The second-order valence-corrected chi connectivity index (χ2v) is 4.51. The van der Waals surface area contributed by atoms with E-state index in [9.17, 15) is 4.79 Å². The number of rotatable bonds is 1. The summed E-state index contributed by atoms with van der Waals surface area (Å²) in [7, 11) is 0. The van der Waals surface area contributed by atoms with Crippen LogP contribution in [0.5, 0.6) is 0 Å². The van der Waals surface area contributed by atoms with Crippen molar-refractivity contribution in [1.82, 2.24) is 4.90 Å². The molecule has 0 saturated carbocycles. The molecule has 1 fully saturated rings. The highest BCUT2D eigenvalue weighted by Gasteiger charge is 2.29. The van der Waals surface area contributed by atoms with Crippen LogP contribution in [0.1, 0.15) is 27.2 Å². The first kappa shape index (κ1) is 11.5. The Bertz CT molecular complexity index is 214. The maximum atomic E-state index is 11.7. The fraction of sp³-hybridized carbons (Fsp3) is 0.900. The fourth-order valence-corrected chi connectivity index (χ4v) is 1.66. The molecule has 1 amide bonds.